The number of hydrogen-bond donors (Lipinski definition) is 2. The molecule has 124 valence electrons. The maximum Gasteiger partial charge on any atom is 0.321 e. The van der Waals surface area contributed by atoms with Crippen molar-refractivity contribution in [2.75, 3.05) is 14.2 Å². The molecule has 0 aliphatic rings. The first-order chi connectivity index (χ1) is 10.6. The van der Waals surface area contributed by atoms with Crippen molar-refractivity contribution < 1.29 is 19.4 Å². The second-order valence-electron chi connectivity index (χ2n) is 4.89. The molecule has 1 atom stereocenters. The largest absolute Gasteiger partial charge is 0.497 e. The minimum absolute atomic E-state index is 0. The van der Waals surface area contributed by atoms with Gasteiger partial charge in [0, 0.05) is 5.92 Å². The van der Waals surface area contributed by atoms with Crippen LogP contribution in [0.5, 0.6) is 11.5 Å². The summed E-state index contributed by atoms with van der Waals surface area (Å²) in [6.45, 7) is 0. The number of ether oxygens (including phenoxy) is 2. The van der Waals surface area contributed by atoms with Gasteiger partial charge in [-0.05, 0) is 35.4 Å². The molecular weight excluding hydrogens is 318 g/mol. The van der Waals surface area contributed by atoms with E-state index in [0.717, 1.165) is 11.1 Å². The summed E-state index contributed by atoms with van der Waals surface area (Å²) in [6.07, 6.45) is 0. The van der Waals surface area contributed by atoms with Crippen molar-refractivity contribution in [3.63, 3.8) is 0 Å². The van der Waals surface area contributed by atoms with Gasteiger partial charge in [-0.25, -0.2) is 0 Å². The van der Waals surface area contributed by atoms with Crippen molar-refractivity contribution in [3.8, 4) is 11.5 Å². The highest BCUT2D eigenvalue weighted by Crippen LogP contribution is 2.31. The summed E-state index contributed by atoms with van der Waals surface area (Å²) in [4.78, 5) is 11.4. The van der Waals surface area contributed by atoms with Gasteiger partial charge < -0.3 is 20.3 Å². The van der Waals surface area contributed by atoms with Crippen LogP contribution in [0.4, 0.5) is 0 Å². The lowest BCUT2D eigenvalue weighted by Crippen LogP contribution is -2.37. The van der Waals surface area contributed by atoms with Gasteiger partial charge in [0.25, 0.3) is 0 Å². The maximum atomic E-state index is 11.4. The van der Waals surface area contributed by atoms with Gasteiger partial charge >= 0.3 is 5.97 Å². The van der Waals surface area contributed by atoms with Crippen LogP contribution in [0.3, 0.4) is 0 Å². The van der Waals surface area contributed by atoms with E-state index in [2.05, 4.69) is 0 Å². The Morgan fingerprint density at radius 2 is 1.43 bits per heavy atom. The normalized spacial score (nSPS) is 11.5. The molecule has 0 unspecified atom stereocenters. The first-order valence-corrected chi connectivity index (χ1v) is 6.83. The Bertz CT molecular complexity index is 615. The Balaban J connectivity index is 0.00000264. The van der Waals surface area contributed by atoms with E-state index in [0.29, 0.717) is 11.5 Å². The molecular formula is C17H20ClNO4. The van der Waals surface area contributed by atoms with E-state index >= 15 is 0 Å². The molecule has 6 heteroatoms. The molecule has 2 aromatic rings. The van der Waals surface area contributed by atoms with Crippen molar-refractivity contribution in [1.29, 1.82) is 0 Å². The summed E-state index contributed by atoms with van der Waals surface area (Å²) in [5.41, 5.74) is 7.49. The van der Waals surface area contributed by atoms with Gasteiger partial charge in [0.2, 0.25) is 0 Å². The van der Waals surface area contributed by atoms with Gasteiger partial charge in [0.15, 0.2) is 0 Å². The predicted octanol–water partition coefficient (Wildman–Crippen LogP) is 2.67. The lowest BCUT2D eigenvalue weighted by atomic mass is 9.85. The van der Waals surface area contributed by atoms with E-state index in [1.54, 1.807) is 38.5 Å². The summed E-state index contributed by atoms with van der Waals surface area (Å²) >= 11 is 0. The van der Waals surface area contributed by atoms with Gasteiger partial charge in [0.1, 0.15) is 17.5 Å². The molecule has 0 saturated carbocycles. The number of nitrogens with two attached hydrogens (primary N) is 1. The molecule has 0 fully saturated rings. The van der Waals surface area contributed by atoms with Crippen molar-refractivity contribution in [3.05, 3.63) is 59.7 Å². The lowest BCUT2D eigenvalue weighted by Gasteiger charge is -2.22. The van der Waals surface area contributed by atoms with Crippen LogP contribution in [0.15, 0.2) is 48.5 Å². The molecule has 2 aromatic carbocycles. The molecule has 0 aliphatic carbocycles. The SMILES string of the molecule is COc1cccc(C(c2cccc(OC)c2)[C@H](N)C(=O)O)c1.Cl. The molecule has 0 aliphatic heterocycles. The predicted molar refractivity (Wildman–Crippen MR) is 90.7 cm³/mol. The number of hydrogen-bond acceptors (Lipinski definition) is 4. The van der Waals surface area contributed by atoms with Crippen molar-refractivity contribution in [2.24, 2.45) is 5.73 Å². The molecule has 0 radical (unpaired) electrons. The summed E-state index contributed by atoms with van der Waals surface area (Å²) in [5.74, 6) is -0.246. The molecule has 5 nitrogen and oxygen atoms in total. The van der Waals surface area contributed by atoms with Gasteiger partial charge in [0.05, 0.1) is 14.2 Å². The topological polar surface area (TPSA) is 81.8 Å². The molecule has 0 heterocycles. The third-order valence-corrected chi connectivity index (χ3v) is 3.55. The number of carboxylic acid groups (broad SMARTS) is 1. The quantitative estimate of drug-likeness (QED) is 0.847. The standard InChI is InChI=1S/C17H19NO4.ClH/c1-21-13-7-3-5-11(9-13)15(16(18)17(19)20)12-6-4-8-14(10-12)22-2;/h3-10,15-16H,18H2,1-2H3,(H,19,20);1H/t16-;/m0./s1. The zero-order valence-electron chi connectivity index (χ0n) is 12.9. The van der Waals surface area contributed by atoms with Crippen molar-refractivity contribution in [2.45, 2.75) is 12.0 Å². The summed E-state index contributed by atoms with van der Waals surface area (Å²) in [5, 5.41) is 9.34. The van der Waals surface area contributed by atoms with Crippen LogP contribution in [0.25, 0.3) is 0 Å². The van der Waals surface area contributed by atoms with Crippen LogP contribution in [-0.4, -0.2) is 31.3 Å². The fourth-order valence-corrected chi connectivity index (χ4v) is 2.42. The molecule has 0 spiro atoms. The monoisotopic (exact) mass is 337 g/mol. The number of halogens is 1. The van der Waals surface area contributed by atoms with Crippen LogP contribution >= 0.6 is 12.4 Å². The average molecular weight is 338 g/mol. The van der Waals surface area contributed by atoms with Crippen molar-refractivity contribution in [1.82, 2.24) is 0 Å². The van der Waals surface area contributed by atoms with Crippen LogP contribution < -0.4 is 15.2 Å². The second-order valence-corrected chi connectivity index (χ2v) is 4.89. The molecule has 0 aromatic heterocycles. The highest BCUT2D eigenvalue weighted by molar-refractivity contribution is 5.85. The number of carbonyl (C=O) groups is 1. The third-order valence-electron chi connectivity index (χ3n) is 3.55. The van der Waals surface area contributed by atoms with E-state index in [-0.39, 0.29) is 12.4 Å². The highest BCUT2D eigenvalue weighted by Gasteiger charge is 2.28. The fraction of sp³-hybridized carbons (Fsp3) is 0.235. The first kappa shape index (κ1) is 18.8. The van der Waals surface area contributed by atoms with E-state index < -0.39 is 17.9 Å². The third kappa shape index (κ3) is 4.37. The molecule has 0 amide bonds. The molecule has 23 heavy (non-hydrogen) atoms. The Labute approximate surface area is 141 Å². The number of rotatable bonds is 6. The second kappa shape index (κ2) is 8.41. The van der Waals surface area contributed by atoms with Crippen LogP contribution in [0.2, 0.25) is 0 Å². The Morgan fingerprint density at radius 1 is 1.00 bits per heavy atom. The molecule has 0 saturated heterocycles. The summed E-state index contributed by atoms with van der Waals surface area (Å²) in [6, 6.07) is 13.5. The molecule has 3 N–H and O–H groups in total. The Morgan fingerprint density at radius 3 is 1.78 bits per heavy atom. The highest BCUT2D eigenvalue weighted by atomic mass is 35.5. The van der Waals surface area contributed by atoms with Crippen LogP contribution in [-0.2, 0) is 4.79 Å². The number of carboxylic acids is 1. The number of aliphatic carboxylic acids is 1. The Hall–Kier alpha value is -2.24. The lowest BCUT2D eigenvalue weighted by molar-refractivity contribution is -0.138. The van der Waals surface area contributed by atoms with Gasteiger partial charge in [-0.1, -0.05) is 24.3 Å². The molecule has 2 rings (SSSR count). The first-order valence-electron chi connectivity index (χ1n) is 6.83. The van der Waals surface area contributed by atoms with E-state index in [9.17, 15) is 9.90 Å². The number of benzene rings is 2. The van der Waals surface area contributed by atoms with E-state index in [1.807, 2.05) is 24.3 Å². The van der Waals surface area contributed by atoms with Gasteiger partial charge in [-0.2, -0.15) is 0 Å². The minimum Gasteiger partial charge on any atom is -0.497 e. The van der Waals surface area contributed by atoms with Crippen LogP contribution in [0.1, 0.15) is 17.0 Å². The smallest absolute Gasteiger partial charge is 0.321 e. The number of methoxy groups -OCH3 is 2. The zero-order valence-corrected chi connectivity index (χ0v) is 13.7. The Kier molecular flexibility index (Phi) is 6.88. The van der Waals surface area contributed by atoms with Gasteiger partial charge in [-0.15, -0.1) is 12.4 Å². The maximum absolute atomic E-state index is 11.4. The summed E-state index contributed by atoms with van der Waals surface area (Å²) in [7, 11) is 3.13. The zero-order chi connectivity index (χ0) is 16.1. The molecule has 0 bridgehead atoms. The van der Waals surface area contributed by atoms with Crippen LogP contribution in [0, 0.1) is 0 Å². The minimum atomic E-state index is -1.07. The van der Waals surface area contributed by atoms with E-state index in [4.69, 9.17) is 15.2 Å². The summed E-state index contributed by atoms with van der Waals surface area (Å²) < 4.78 is 10.4. The van der Waals surface area contributed by atoms with Crippen molar-refractivity contribution >= 4 is 18.4 Å². The fourth-order valence-electron chi connectivity index (χ4n) is 2.42. The van der Waals surface area contributed by atoms with Gasteiger partial charge in [-0.3, -0.25) is 4.79 Å². The van der Waals surface area contributed by atoms with E-state index in [1.165, 1.54) is 0 Å². The average Bonchev–Trinajstić information content (AvgIpc) is 2.55.